The van der Waals surface area contributed by atoms with Gasteiger partial charge < -0.3 is 24.3 Å². The van der Waals surface area contributed by atoms with Gasteiger partial charge >= 0.3 is 0 Å². The lowest BCUT2D eigenvalue weighted by Gasteiger charge is -2.32. The molecule has 1 aliphatic rings. The number of ether oxygens (including phenoxy) is 2. The first kappa shape index (κ1) is 24.8. The first-order valence-electron chi connectivity index (χ1n) is 11.6. The lowest BCUT2D eigenvalue weighted by atomic mass is 9.96. The molecule has 2 amide bonds. The standard InChI is InChI=1S/C26H32N4O4S/c1-16(31)27-10-12-34-20-15-18-17(14-19(20)33-6)9-11-30-23(18)22(21-8-7-13-35-21)28-24(30)25(32)29(5)26(2,3)4/h7-8,13-15H,9-12H2,1-6H3,(H,27,31). The Balaban J connectivity index is 1.82. The Bertz CT molecular complexity index is 1240. The molecule has 2 aromatic heterocycles. The summed E-state index contributed by atoms with van der Waals surface area (Å²) in [6.07, 6.45) is 0.741. The van der Waals surface area contributed by atoms with Crippen molar-refractivity contribution >= 4 is 23.2 Å². The molecule has 1 N–H and O–H groups in total. The fraction of sp³-hybridized carbons (Fsp3) is 0.423. The highest BCUT2D eigenvalue weighted by Crippen LogP contribution is 2.44. The third-order valence-corrected chi connectivity index (χ3v) is 7.08. The van der Waals surface area contributed by atoms with Gasteiger partial charge in [0.05, 0.1) is 24.2 Å². The van der Waals surface area contributed by atoms with Gasteiger partial charge in [-0.1, -0.05) is 6.07 Å². The highest BCUT2D eigenvalue weighted by atomic mass is 32.1. The minimum atomic E-state index is -0.332. The van der Waals surface area contributed by atoms with Crippen molar-refractivity contribution in [1.82, 2.24) is 19.8 Å². The van der Waals surface area contributed by atoms with E-state index in [0.29, 0.717) is 37.0 Å². The van der Waals surface area contributed by atoms with E-state index in [1.165, 1.54) is 6.92 Å². The molecule has 0 bridgehead atoms. The maximum absolute atomic E-state index is 13.5. The molecule has 0 fully saturated rings. The molecule has 0 unspecified atom stereocenters. The number of aryl methyl sites for hydroxylation is 1. The molecule has 186 valence electrons. The lowest BCUT2D eigenvalue weighted by molar-refractivity contribution is -0.119. The van der Waals surface area contributed by atoms with Crippen molar-refractivity contribution in [1.29, 1.82) is 0 Å². The minimum Gasteiger partial charge on any atom is -0.493 e. The molecule has 9 heteroatoms. The lowest BCUT2D eigenvalue weighted by Crippen LogP contribution is -2.43. The smallest absolute Gasteiger partial charge is 0.290 e. The highest BCUT2D eigenvalue weighted by molar-refractivity contribution is 7.13. The molecule has 8 nitrogen and oxygen atoms in total. The van der Waals surface area contributed by atoms with Crippen molar-refractivity contribution < 1.29 is 19.1 Å². The zero-order chi connectivity index (χ0) is 25.3. The van der Waals surface area contributed by atoms with Gasteiger partial charge in [-0.3, -0.25) is 9.59 Å². The number of benzene rings is 1. The SMILES string of the molecule is COc1cc2c(cc1OCCNC(C)=O)-c1c(-c3cccs3)nc(C(=O)N(C)C(C)(C)C)n1CC2. The van der Waals surface area contributed by atoms with E-state index in [1.807, 2.05) is 62.0 Å². The van der Waals surface area contributed by atoms with E-state index in [9.17, 15) is 9.59 Å². The maximum atomic E-state index is 13.5. The van der Waals surface area contributed by atoms with Crippen LogP contribution in [0.2, 0.25) is 0 Å². The van der Waals surface area contributed by atoms with Gasteiger partial charge in [-0.2, -0.15) is 0 Å². The van der Waals surface area contributed by atoms with Gasteiger partial charge in [0.25, 0.3) is 5.91 Å². The van der Waals surface area contributed by atoms with Crippen molar-refractivity contribution in [3.8, 4) is 33.3 Å². The number of fused-ring (bicyclic) bond motifs is 3. The maximum Gasteiger partial charge on any atom is 0.290 e. The van der Waals surface area contributed by atoms with E-state index in [1.54, 1.807) is 23.3 Å². The Labute approximate surface area is 209 Å². The molecule has 0 saturated heterocycles. The van der Waals surface area contributed by atoms with Crippen LogP contribution in [0.25, 0.3) is 21.8 Å². The van der Waals surface area contributed by atoms with Gasteiger partial charge in [-0.15, -0.1) is 11.3 Å². The van der Waals surface area contributed by atoms with E-state index >= 15 is 0 Å². The predicted octanol–water partition coefficient (Wildman–Crippen LogP) is 4.23. The second kappa shape index (κ2) is 9.73. The third-order valence-electron chi connectivity index (χ3n) is 6.21. The number of hydrogen-bond acceptors (Lipinski definition) is 6. The van der Waals surface area contributed by atoms with Crippen LogP contribution in [-0.4, -0.2) is 59.1 Å². The number of carbonyl (C=O) groups excluding carboxylic acids is 2. The van der Waals surface area contributed by atoms with E-state index in [-0.39, 0.29) is 17.4 Å². The molecule has 0 radical (unpaired) electrons. The van der Waals surface area contributed by atoms with Gasteiger partial charge in [0, 0.05) is 31.6 Å². The summed E-state index contributed by atoms with van der Waals surface area (Å²) in [6, 6.07) is 7.98. The van der Waals surface area contributed by atoms with Crippen LogP contribution in [0.15, 0.2) is 29.6 Å². The number of nitrogens with one attached hydrogen (secondary N) is 1. The summed E-state index contributed by atoms with van der Waals surface area (Å²) in [7, 11) is 3.43. The number of thiophene rings is 1. The minimum absolute atomic E-state index is 0.104. The summed E-state index contributed by atoms with van der Waals surface area (Å²) in [5, 5.41) is 4.75. The molecule has 35 heavy (non-hydrogen) atoms. The van der Waals surface area contributed by atoms with Crippen molar-refractivity contribution in [3.63, 3.8) is 0 Å². The number of methoxy groups -OCH3 is 1. The molecule has 4 rings (SSSR count). The van der Waals surface area contributed by atoms with Crippen LogP contribution >= 0.6 is 11.3 Å². The van der Waals surface area contributed by atoms with Gasteiger partial charge in [0.1, 0.15) is 12.3 Å². The van der Waals surface area contributed by atoms with Gasteiger partial charge in [0.2, 0.25) is 5.91 Å². The average molecular weight is 497 g/mol. The number of imidazole rings is 1. The fourth-order valence-corrected chi connectivity index (χ4v) is 4.78. The van der Waals surface area contributed by atoms with Crippen LogP contribution in [0.1, 0.15) is 43.9 Å². The Morgan fingerprint density at radius 3 is 2.66 bits per heavy atom. The monoisotopic (exact) mass is 496 g/mol. The summed E-state index contributed by atoms with van der Waals surface area (Å²) in [6.45, 7) is 8.86. The number of hydrogen-bond donors (Lipinski definition) is 1. The van der Waals surface area contributed by atoms with Crippen LogP contribution in [0.4, 0.5) is 0 Å². The van der Waals surface area contributed by atoms with Crippen LogP contribution in [0.3, 0.4) is 0 Å². The molecular weight excluding hydrogens is 464 g/mol. The number of nitrogens with zero attached hydrogens (tertiary/aromatic N) is 3. The second-order valence-corrected chi connectivity index (χ2v) is 10.5. The van der Waals surface area contributed by atoms with E-state index < -0.39 is 0 Å². The molecule has 0 spiro atoms. The fourth-order valence-electron chi connectivity index (χ4n) is 4.07. The summed E-state index contributed by atoms with van der Waals surface area (Å²) >= 11 is 1.60. The molecule has 0 aliphatic carbocycles. The number of amides is 2. The topological polar surface area (TPSA) is 85.7 Å². The zero-order valence-electron chi connectivity index (χ0n) is 21.1. The summed E-state index contributed by atoms with van der Waals surface area (Å²) in [5.41, 5.74) is 3.46. The van der Waals surface area contributed by atoms with Crippen LogP contribution in [0, 0.1) is 0 Å². The van der Waals surface area contributed by atoms with E-state index in [2.05, 4.69) is 5.32 Å². The largest absolute Gasteiger partial charge is 0.493 e. The Kier molecular flexibility index (Phi) is 6.89. The summed E-state index contributed by atoms with van der Waals surface area (Å²) < 4.78 is 13.6. The summed E-state index contributed by atoms with van der Waals surface area (Å²) in [5.74, 6) is 1.46. The third kappa shape index (κ3) is 4.91. The highest BCUT2D eigenvalue weighted by Gasteiger charge is 2.33. The molecular formula is C26H32N4O4S. The van der Waals surface area contributed by atoms with Gasteiger partial charge in [-0.25, -0.2) is 4.98 Å². The number of rotatable bonds is 7. The molecule has 3 heterocycles. The van der Waals surface area contributed by atoms with E-state index in [0.717, 1.165) is 33.8 Å². The summed E-state index contributed by atoms with van der Waals surface area (Å²) in [4.78, 5) is 32.4. The quantitative estimate of drug-likeness (QED) is 0.495. The average Bonchev–Trinajstić information content (AvgIpc) is 3.47. The number of carbonyl (C=O) groups is 2. The normalized spacial score (nSPS) is 12.5. The molecule has 1 aliphatic heterocycles. The van der Waals surface area contributed by atoms with Crippen molar-refractivity contribution in [2.75, 3.05) is 27.3 Å². The van der Waals surface area contributed by atoms with E-state index in [4.69, 9.17) is 14.5 Å². The molecule has 1 aromatic carbocycles. The molecule has 0 saturated carbocycles. The Morgan fingerprint density at radius 1 is 1.26 bits per heavy atom. The van der Waals surface area contributed by atoms with Crippen LogP contribution in [0.5, 0.6) is 11.5 Å². The van der Waals surface area contributed by atoms with Gasteiger partial charge in [-0.05, 0) is 56.3 Å². The molecule has 3 aromatic rings. The first-order chi connectivity index (χ1) is 16.6. The van der Waals surface area contributed by atoms with Crippen molar-refractivity contribution in [2.24, 2.45) is 0 Å². The Hall–Kier alpha value is -3.33. The van der Waals surface area contributed by atoms with Crippen molar-refractivity contribution in [3.05, 3.63) is 41.0 Å². The van der Waals surface area contributed by atoms with Crippen LogP contribution in [-0.2, 0) is 17.8 Å². The second-order valence-electron chi connectivity index (χ2n) is 9.54. The Morgan fingerprint density at radius 2 is 2.03 bits per heavy atom. The molecule has 0 atom stereocenters. The number of aromatic nitrogens is 2. The van der Waals surface area contributed by atoms with Crippen molar-refractivity contribution in [2.45, 2.75) is 46.2 Å². The predicted molar refractivity (Wildman–Crippen MR) is 137 cm³/mol. The van der Waals surface area contributed by atoms with Gasteiger partial charge in [0.15, 0.2) is 17.3 Å². The van der Waals surface area contributed by atoms with Crippen LogP contribution < -0.4 is 14.8 Å². The zero-order valence-corrected chi connectivity index (χ0v) is 21.9. The first-order valence-corrected chi connectivity index (χ1v) is 12.5.